The Hall–Kier alpha value is -2.20. The van der Waals surface area contributed by atoms with Crippen molar-refractivity contribution in [1.82, 2.24) is 14.8 Å². The van der Waals surface area contributed by atoms with Gasteiger partial charge in [-0.2, -0.15) is 0 Å². The maximum atomic E-state index is 12.0. The average Bonchev–Trinajstić information content (AvgIpc) is 2.67. The summed E-state index contributed by atoms with van der Waals surface area (Å²) < 4.78 is 0. The van der Waals surface area contributed by atoms with Crippen LogP contribution in [0.2, 0.25) is 0 Å². The molecule has 2 heterocycles. The first kappa shape index (κ1) is 18.6. The highest BCUT2D eigenvalue weighted by molar-refractivity contribution is 5.94. The molecular formula is C22H29N3O. The number of hydrogen-bond acceptors (Lipinski definition) is 3. The number of carbonyl (C=O) groups excluding carboxylic acids is 1. The summed E-state index contributed by atoms with van der Waals surface area (Å²) in [5, 5.41) is 0. The summed E-state index contributed by atoms with van der Waals surface area (Å²) in [6.45, 7) is 6.86. The molecule has 1 amide bonds. The summed E-state index contributed by atoms with van der Waals surface area (Å²) in [4.78, 5) is 20.9. The largest absolute Gasteiger partial charge is 0.345 e. The molecule has 0 saturated carbocycles. The van der Waals surface area contributed by atoms with E-state index in [1.807, 2.05) is 30.5 Å². The van der Waals surface area contributed by atoms with E-state index in [0.717, 1.165) is 24.2 Å². The van der Waals surface area contributed by atoms with Crippen molar-refractivity contribution in [2.75, 3.05) is 27.2 Å². The Bertz CT molecular complexity index is 727. The van der Waals surface area contributed by atoms with Crippen molar-refractivity contribution in [3.63, 3.8) is 0 Å². The van der Waals surface area contributed by atoms with Gasteiger partial charge in [-0.1, -0.05) is 18.2 Å². The van der Waals surface area contributed by atoms with E-state index in [0.29, 0.717) is 17.5 Å². The van der Waals surface area contributed by atoms with Crippen LogP contribution in [0.5, 0.6) is 0 Å². The number of carbonyl (C=O) groups is 1. The molecular weight excluding hydrogens is 322 g/mol. The Labute approximate surface area is 156 Å². The molecule has 0 radical (unpaired) electrons. The Kier molecular flexibility index (Phi) is 5.72. The molecule has 26 heavy (non-hydrogen) atoms. The van der Waals surface area contributed by atoms with E-state index in [2.05, 4.69) is 30.9 Å². The number of benzene rings is 1. The summed E-state index contributed by atoms with van der Waals surface area (Å²) in [5.41, 5.74) is 4.10. The zero-order chi connectivity index (χ0) is 18.7. The van der Waals surface area contributed by atoms with Crippen molar-refractivity contribution in [2.24, 2.45) is 0 Å². The Morgan fingerprint density at radius 2 is 1.65 bits per heavy atom. The minimum atomic E-state index is 0.0257. The third kappa shape index (κ3) is 4.13. The molecule has 1 aliphatic heterocycles. The van der Waals surface area contributed by atoms with Crippen LogP contribution < -0.4 is 0 Å². The third-order valence-corrected chi connectivity index (χ3v) is 5.34. The molecule has 1 saturated heterocycles. The van der Waals surface area contributed by atoms with Gasteiger partial charge in [0.25, 0.3) is 5.91 Å². The van der Waals surface area contributed by atoms with Gasteiger partial charge in [0.2, 0.25) is 0 Å². The van der Waals surface area contributed by atoms with E-state index >= 15 is 0 Å². The fraction of sp³-hybridized carbons (Fsp3) is 0.455. The van der Waals surface area contributed by atoms with Gasteiger partial charge in [-0.15, -0.1) is 0 Å². The van der Waals surface area contributed by atoms with Gasteiger partial charge in [0, 0.05) is 49.1 Å². The van der Waals surface area contributed by atoms with Gasteiger partial charge in [0.05, 0.1) is 0 Å². The molecule has 1 aromatic heterocycles. The van der Waals surface area contributed by atoms with Crippen molar-refractivity contribution in [1.29, 1.82) is 0 Å². The lowest BCUT2D eigenvalue weighted by Crippen LogP contribution is -2.37. The van der Waals surface area contributed by atoms with Gasteiger partial charge in [0.1, 0.15) is 0 Å². The first-order chi connectivity index (χ1) is 12.5. The summed E-state index contributed by atoms with van der Waals surface area (Å²) in [6, 6.07) is 12.7. The van der Waals surface area contributed by atoms with Crippen molar-refractivity contribution >= 4 is 5.91 Å². The molecule has 1 aliphatic rings. The predicted molar refractivity (Wildman–Crippen MR) is 106 cm³/mol. The smallest absolute Gasteiger partial charge is 0.253 e. The van der Waals surface area contributed by atoms with Crippen LogP contribution in [0.3, 0.4) is 0 Å². The van der Waals surface area contributed by atoms with Gasteiger partial charge in [-0.25, -0.2) is 0 Å². The molecule has 0 aliphatic carbocycles. The highest BCUT2D eigenvalue weighted by Gasteiger charge is 2.22. The maximum Gasteiger partial charge on any atom is 0.253 e. The van der Waals surface area contributed by atoms with Gasteiger partial charge < -0.3 is 9.80 Å². The normalized spacial score (nSPS) is 16.0. The SMILES string of the molecule is CC(C)N1CCC(c2ccc(-c3ccc(C(=O)N(C)C)cc3)cn2)CC1. The van der Waals surface area contributed by atoms with Crippen LogP contribution in [-0.4, -0.2) is 53.9 Å². The molecule has 0 unspecified atom stereocenters. The minimum Gasteiger partial charge on any atom is -0.345 e. The van der Waals surface area contributed by atoms with Crippen LogP contribution in [0.15, 0.2) is 42.6 Å². The van der Waals surface area contributed by atoms with Crippen molar-refractivity contribution in [2.45, 2.75) is 38.6 Å². The molecule has 2 aromatic rings. The number of hydrogen-bond donors (Lipinski definition) is 0. The molecule has 0 atom stereocenters. The second kappa shape index (κ2) is 8.00. The van der Waals surface area contributed by atoms with Crippen LogP contribution in [0.1, 0.15) is 48.7 Å². The van der Waals surface area contributed by atoms with E-state index in [4.69, 9.17) is 4.98 Å². The van der Waals surface area contributed by atoms with Crippen LogP contribution in [0.4, 0.5) is 0 Å². The van der Waals surface area contributed by atoms with Gasteiger partial charge in [0.15, 0.2) is 0 Å². The molecule has 0 N–H and O–H groups in total. The number of amides is 1. The highest BCUT2D eigenvalue weighted by atomic mass is 16.2. The van der Waals surface area contributed by atoms with E-state index in [-0.39, 0.29) is 5.91 Å². The Morgan fingerprint density at radius 1 is 1.04 bits per heavy atom. The lowest BCUT2D eigenvalue weighted by atomic mass is 9.92. The second-order valence-corrected chi connectivity index (χ2v) is 7.65. The van der Waals surface area contributed by atoms with Crippen molar-refractivity contribution in [3.05, 3.63) is 53.9 Å². The predicted octanol–water partition coefficient (Wildman–Crippen LogP) is 4.04. The second-order valence-electron chi connectivity index (χ2n) is 7.65. The van der Waals surface area contributed by atoms with Crippen LogP contribution in [-0.2, 0) is 0 Å². The number of likely N-dealkylation sites (tertiary alicyclic amines) is 1. The first-order valence-corrected chi connectivity index (χ1v) is 9.48. The zero-order valence-electron chi connectivity index (χ0n) is 16.3. The number of rotatable bonds is 4. The number of pyridine rings is 1. The molecule has 4 heteroatoms. The molecule has 3 rings (SSSR count). The number of piperidine rings is 1. The lowest BCUT2D eigenvalue weighted by molar-refractivity contribution is 0.0827. The van der Waals surface area contributed by atoms with Gasteiger partial charge in [-0.05, 0) is 63.5 Å². The van der Waals surface area contributed by atoms with E-state index in [9.17, 15) is 4.79 Å². The quantitative estimate of drug-likeness (QED) is 0.834. The van der Waals surface area contributed by atoms with Gasteiger partial charge >= 0.3 is 0 Å². The Balaban J connectivity index is 1.67. The first-order valence-electron chi connectivity index (χ1n) is 9.48. The zero-order valence-corrected chi connectivity index (χ0v) is 16.3. The van der Waals surface area contributed by atoms with E-state index in [1.165, 1.54) is 18.5 Å². The summed E-state index contributed by atoms with van der Waals surface area (Å²) >= 11 is 0. The van der Waals surface area contributed by atoms with Gasteiger partial charge in [-0.3, -0.25) is 9.78 Å². The van der Waals surface area contributed by atoms with Crippen LogP contribution in [0, 0.1) is 0 Å². The maximum absolute atomic E-state index is 12.0. The molecule has 138 valence electrons. The molecule has 0 bridgehead atoms. The lowest BCUT2D eigenvalue weighted by Gasteiger charge is -2.34. The van der Waals surface area contributed by atoms with Crippen LogP contribution >= 0.6 is 0 Å². The summed E-state index contributed by atoms with van der Waals surface area (Å²) in [6.07, 6.45) is 4.34. The van der Waals surface area contributed by atoms with Crippen molar-refractivity contribution in [3.8, 4) is 11.1 Å². The van der Waals surface area contributed by atoms with Crippen LogP contribution in [0.25, 0.3) is 11.1 Å². The topological polar surface area (TPSA) is 36.4 Å². The highest BCUT2D eigenvalue weighted by Crippen LogP contribution is 2.29. The molecule has 0 spiro atoms. The summed E-state index contributed by atoms with van der Waals surface area (Å²) in [5.74, 6) is 0.594. The van der Waals surface area contributed by atoms with Crippen molar-refractivity contribution < 1.29 is 4.79 Å². The monoisotopic (exact) mass is 351 g/mol. The molecule has 4 nitrogen and oxygen atoms in total. The minimum absolute atomic E-state index is 0.0257. The average molecular weight is 351 g/mol. The summed E-state index contributed by atoms with van der Waals surface area (Å²) in [7, 11) is 3.54. The van der Waals surface area contributed by atoms with E-state index < -0.39 is 0 Å². The van der Waals surface area contributed by atoms with E-state index in [1.54, 1.807) is 19.0 Å². The molecule has 1 fully saturated rings. The number of nitrogens with zero attached hydrogens (tertiary/aromatic N) is 3. The third-order valence-electron chi connectivity index (χ3n) is 5.34. The fourth-order valence-electron chi connectivity index (χ4n) is 3.59. The fourth-order valence-corrected chi connectivity index (χ4v) is 3.59. The Morgan fingerprint density at radius 3 is 2.15 bits per heavy atom. The molecule has 1 aromatic carbocycles. The number of aromatic nitrogens is 1. The standard InChI is InChI=1S/C22H29N3O/c1-16(2)25-13-11-18(12-14-25)21-10-9-20(15-23-21)17-5-7-19(8-6-17)22(26)24(3)4/h5-10,15-16,18H,11-14H2,1-4H3.